The van der Waals surface area contributed by atoms with Gasteiger partial charge in [-0.05, 0) is 48.7 Å². The maximum atomic E-state index is 13.4. The monoisotopic (exact) mass is 445 g/mol. The van der Waals surface area contributed by atoms with Crippen LogP contribution >= 0.6 is 0 Å². The minimum Gasteiger partial charge on any atom is -0.371 e. The summed E-state index contributed by atoms with van der Waals surface area (Å²) in [5, 5.41) is 3.01. The van der Waals surface area contributed by atoms with Gasteiger partial charge in [-0.1, -0.05) is 48.5 Å². The lowest BCUT2D eigenvalue weighted by Gasteiger charge is -2.35. The third-order valence-electron chi connectivity index (χ3n) is 6.00. The zero-order valence-electron chi connectivity index (χ0n) is 18.7. The Hall–Kier alpha value is -3.67. The van der Waals surface area contributed by atoms with E-state index < -0.39 is 5.82 Å². The Morgan fingerprint density at radius 1 is 0.970 bits per heavy atom. The summed E-state index contributed by atoms with van der Waals surface area (Å²) in [4.78, 5) is 29.6. The van der Waals surface area contributed by atoms with Crippen molar-refractivity contribution < 1.29 is 14.0 Å². The van der Waals surface area contributed by atoms with Crippen molar-refractivity contribution in [2.24, 2.45) is 0 Å². The first-order valence-corrected chi connectivity index (χ1v) is 11.2. The van der Waals surface area contributed by atoms with E-state index in [0.717, 1.165) is 37.2 Å². The van der Waals surface area contributed by atoms with Gasteiger partial charge in [0.2, 0.25) is 0 Å². The Kier molecular flexibility index (Phi) is 7.03. The van der Waals surface area contributed by atoms with Gasteiger partial charge >= 0.3 is 0 Å². The molecule has 0 unspecified atom stereocenters. The molecule has 3 aromatic carbocycles. The summed E-state index contributed by atoms with van der Waals surface area (Å²) in [6.45, 7) is 1.99. The number of nitrogens with one attached hydrogen (secondary N) is 1. The second-order valence-electron chi connectivity index (χ2n) is 8.41. The number of anilines is 1. The highest BCUT2D eigenvalue weighted by Gasteiger charge is 2.25. The highest BCUT2D eigenvalue weighted by Crippen LogP contribution is 2.26. The van der Waals surface area contributed by atoms with Crippen LogP contribution in [0, 0.1) is 5.82 Å². The van der Waals surface area contributed by atoms with Crippen molar-refractivity contribution in [1.82, 2.24) is 10.2 Å². The Labute approximate surface area is 193 Å². The van der Waals surface area contributed by atoms with Crippen LogP contribution in [0.5, 0.6) is 0 Å². The minimum atomic E-state index is -0.420. The topological polar surface area (TPSA) is 52.7 Å². The molecule has 1 heterocycles. The van der Waals surface area contributed by atoms with Crippen molar-refractivity contribution in [3.63, 3.8) is 0 Å². The number of para-hydroxylation sites is 1. The molecule has 6 heteroatoms. The summed E-state index contributed by atoms with van der Waals surface area (Å²) in [5.74, 6) is -0.696. The van der Waals surface area contributed by atoms with E-state index in [9.17, 15) is 14.0 Å². The van der Waals surface area contributed by atoms with Crippen molar-refractivity contribution in [2.75, 3.05) is 25.0 Å². The number of rotatable bonds is 6. The standard InChI is InChI=1S/C27H28FN3O2/c1-30(19-20-8-3-2-4-9-20)27(33)24-12-5-6-13-25(24)31-16-14-23(15-17-31)29-26(32)21-10-7-11-22(28)18-21/h2-13,18,23H,14-17,19H2,1H3,(H,29,32). The summed E-state index contributed by atoms with van der Waals surface area (Å²) >= 11 is 0. The van der Waals surface area contributed by atoms with Crippen molar-refractivity contribution in [3.8, 4) is 0 Å². The van der Waals surface area contributed by atoms with Crippen LogP contribution in [0.25, 0.3) is 0 Å². The lowest BCUT2D eigenvalue weighted by Crippen LogP contribution is -2.45. The van der Waals surface area contributed by atoms with E-state index in [1.807, 2.05) is 61.6 Å². The molecule has 3 aromatic rings. The number of amides is 2. The van der Waals surface area contributed by atoms with Crippen LogP contribution in [-0.2, 0) is 6.54 Å². The van der Waals surface area contributed by atoms with Crippen LogP contribution < -0.4 is 10.2 Å². The Morgan fingerprint density at radius 3 is 2.39 bits per heavy atom. The zero-order chi connectivity index (χ0) is 23.2. The maximum absolute atomic E-state index is 13.4. The average molecular weight is 446 g/mol. The summed E-state index contributed by atoms with van der Waals surface area (Å²) in [6, 6.07) is 23.4. The molecule has 5 nitrogen and oxygen atoms in total. The number of hydrogen-bond acceptors (Lipinski definition) is 3. The second-order valence-corrected chi connectivity index (χ2v) is 8.41. The van der Waals surface area contributed by atoms with Crippen LogP contribution in [0.4, 0.5) is 10.1 Å². The van der Waals surface area contributed by atoms with E-state index in [4.69, 9.17) is 0 Å². The molecule has 170 valence electrons. The molecule has 0 bridgehead atoms. The molecule has 4 rings (SSSR count). The van der Waals surface area contributed by atoms with Gasteiger partial charge in [0.05, 0.1) is 5.56 Å². The molecule has 1 fully saturated rings. The van der Waals surface area contributed by atoms with Gasteiger partial charge < -0.3 is 15.1 Å². The number of benzene rings is 3. The van der Waals surface area contributed by atoms with Gasteiger partial charge in [-0.25, -0.2) is 4.39 Å². The van der Waals surface area contributed by atoms with Crippen LogP contribution in [0.1, 0.15) is 39.1 Å². The quantitative estimate of drug-likeness (QED) is 0.608. The molecule has 0 atom stereocenters. The summed E-state index contributed by atoms with van der Waals surface area (Å²) in [5.41, 5.74) is 3.01. The van der Waals surface area contributed by atoms with E-state index in [0.29, 0.717) is 17.7 Å². The van der Waals surface area contributed by atoms with Crippen molar-refractivity contribution >= 4 is 17.5 Å². The second kappa shape index (κ2) is 10.3. The van der Waals surface area contributed by atoms with Gasteiger partial charge in [-0.15, -0.1) is 0 Å². The number of halogens is 1. The molecule has 0 radical (unpaired) electrons. The Bertz CT molecular complexity index is 1110. The molecule has 0 aromatic heterocycles. The fraction of sp³-hybridized carbons (Fsp3) is 0.259. The number of nitrogens with zero attached hydrogens (tertiary/aromatic N) is 2. The summed E-state index contributed by atoms with van der Waals surface area (Å²) < 4.78 is 13.4. The predicted molar refractivity (Wildman–Crippen MR) is 128 cm³/mol. The minimum absolute atomic E-state index is 0.0145. The van der Waals surface area contributed by atoms with E-state index in [1.54, 1.807) is 11.0 Å². The lowest BCUT2D eigenvalue weighted by molar-refractivity contribution is 0.0785. The van der Waals surface area contributed by atoms with Crippen LogP contribution in [0.2, 0.25) is 0 Å². The third-order valence-corrected chi connectivity index (χ3v) is 6.00. The first-order valence-electron chi connectivity index (χ1n) is 11.2. The molecule has 1 aliphatic rings. The first kappa shape index (κ1) is 22.5. The SMILES string of the molecule is CN(Cc1ccccc1)C(=O)c1ccccc1N1CCC(NC(=O)c2cccc(F)c2)CC1. The number of carbonyl (C=O) groups excluding carboxylic acids is 2. The van der Waals surface area contributed by atoms with Crippen LogP contribution in [0.3, 0.4) is 0 Å². The van der Waals surface area contributed by atoms with Gasteiger partial charge in [0.1, 0.15) is 5.82 Å². The fourth-order valence-corrected chi connectivity index (χ4v) is 4.23. The first-order chi connectivity index (χ1) is 16.0. The molecule has 0 spiro atoms. The van der Waals surface area contributed by atoms with Crippen molar-refractivity contribution in [2.45, 2.75) is 25.4 Å². The van der Waals surface area contributed by atoms with Crippen molar-refractivity contribution in [1.29, 1.82) is 0 Å². The molecule has 1 saturated heterocycles. The molecular weight excluding hydrogens is 417 g/mol. The van der Waals surface area contributed by atoms with Crippen LogP contribution in [0.15, 0.2) is 78.9 Å². The summed E-state index contributed by atoms with van der Waals surface area (Å²) in [6.07, 6.45) is 1.51. The summed E-state index contributed by atoms with van der Waals surface area (Å²) in [7, 11) is 1.82. The number of hydrogen-bond donors (Lipinski definition) is 1. The predicted octanol–water partition coefficient (Wildman–Crippen LogP) is 4.50. The van der Waals surface area contributed by atoms with Crippen molar-refractivity contribution in [3.05, 3.63) is 101 Å². The normalized spacial score (nSPS) is 14.1. The highest BCUT2D eigenvalue weighted by molar-refractivity contribution is 5.99. The zero-order valence-corrected chi connectivity index (χ0v) is 18.7. The fourth-order valence-electron chi connectivity index (χ4n) is 4.23. The average Bonchev–Trinajstić information content (AvgIpc) is 2.84. The van der Waals surface area contributed by atoms with E-state index in [-0.39, 0.29) is 17.9 Å². The highest BCUT2D eigenvalue weighted by atomic mass is 19.1. The largest absolute Gasteiger partial charge is 0.371 e. The smallest absolute Gasteiger partial charge is 0.256 e. The van der Waals surface area contributed by atoms with E-state index in [2.05, 4.69) is 10.2 Å². The van der Waals surface area contributed by atoms with Crippen LogP contribution in [-0.4, -0.2) is 42.9 Å². The van der Waals surface area contributed by atoms with Gasteiger partial charge in [0.25, 0.3) is 11.8 Å². The van der Waals surface area contributed by atoms with Gasteiger partial charge in [-0.3, -0.25) is 9.59 Å². The van der Waals surface area contributed by atoms with E-state index >= 15 is 0 Å². The van der Waals surface area contributed by atoms with E-state index in [1.165, 1.54) is 18.2 Å². The Morgan fingerprint density at radius 2 is 1.67 bits per heavy atom. The molecular formula is C27H28FN3O2. The Balaban J connectivity index is 1.39. The molecule has 1 aliphatic heterocycles. The maximum Gasteiger partial charge on any atom is 0.256 e. The molecule has 0 saturated carbocycles. The lowest BCUT2D eigenvalue weighted by atomic mass is 10.0. The third kappa shape index (κ3) is 5.58. The molecule has 33 heavy (non-hydrogen) atoms. The van der Waals surface area contributed by atoms with Gasteiger partial charge in [0.15, 0.2) is 0 Å². The molecule has 2 amide bonds. The molecule has 1 N–H and O–H groups in total. The van der Waals surface area contributed by atoms with Gasteiger partial charge in [-0.2, -0.15) is 0 Å². The number of piperidine rings is 1. The number of carbonyl (C=O) groups is 2. The molecule has 0 aliphatic carbocycles. The van der Waals surface area contributed by atoms with Gasteiger partial charge in [0, 0.05) is 44.0 Å².